The molecule has 1 saturated heterocycles. The van der Waals surface area contributed by atoms with Gasteiger partial charge in [0.15, 0.2) is 0 Å². The molecule has 2 aliphatic heterocycles. The lowest BCUT2D eigenvalue weighted by atomic mass is 9.80. The Labute approximate surface area is 130 Å². The Bertz CT molecular complexity index is 503. The number of ether oxygens (including phenoxy) is 2. The van der Waals surface area contributed by atoms with Crippen LogP contribution >= 0.6 is 0 Å². The molecule has 1 fully saturated rings. The lowest BCUT2D eigenvalue weighted by Crippen LogP contribution is -2.43. The highest BCUT2D eigenvalue weighted by molar-refractivity contribution is 5.37. The number of fused-ring (bicyclic) bond motifs is 1. The number of benzene rings is 1. The molecule has 3 rings (SSSR count). The van der Waals surface area contributed by atoms with E-state index < -0.39 is 0 Å². The Balaban J connectivity index is 1.73. The molecule has 0 spiro atoms. The second kappa shape index (κ2) is 6.94. The minimum absolute atomic E-state index is 0.0690. The molecular formula is C17H24FNO3. The van der Waals surface area contributed by atoms with Crippen LogP contribution in [0.25, 0.3) is 0 Å². The van der Waals surface area contributed by atoms with Crippen molar-refractivity contribution < 1.29 is 19.0 Å². The molecule has 0 amide bonds. The number of aliphatic hydroxyl groups is 1. The maximum atomic E-state index is 13.6. The summed E-state index contributed by atoms with van der Waals surface area (Å²) < 4.78 is 24.7. The van der Waals surface area contributed by atoms with E-state index >= 15 is 0 Å². The average molecular weight is 309 g/mol. The zero-order chi connectivity index (χ0) is 15.4. The van der Waals surface area contributed by atoms with Crippen molar-refractivity contribution in [3.63, 3.8) is 0 Å². The molecule has 1 unspecified atom stereocenters. The number of nitrogens with one attached hydrogen (secondary N) is 1. The van der Waals surface area contributed by atoms with E-state index in [1.165, 1.54) is 6.07 Å². The largest absolute Gasteiger partial charge is 0.493 e. The van der Waals surface area contributed by atoms with E-state index in [0.29, 0.717) is 26.4 Å². The fourth-order valence-electron chi connectivity index (χ4n) is 3.30. The van der Waals surface area contributed by atoms with E-state index in [2.05, 4.69) is 5.32 Å². The zero-order valence-corrected chi connectivity index (χ0v) is 12.8. The van der Waals surface area contributed by atoms with Gasteiger partial charge in [0.2, 0.25) is 0 Å². The second-order valence-corrected chi connectivity index (χ2v) is 6.38. The van der Waals surface area contributed by atoms with Crippen LogP contribution in [-0.2, 0) is 4.74 Å². The van der Waals surface area contributed by atoms with Crippen molar-refractivity contribution in [3.05, 3.63) is 29.6 Å². The Kier molecular flexibility index (Phi) is 4.96. The van der Waals surface area contributed by atoms with Gasteiger partial charge in [-0.05, 0) is 43.9 Å². The molecule has 2 aliphatic rings. The summed E-state index contributed by atoms with van der Waals surface area (Å²) >= 11 is 0. The van der Waals surface area contributed by atoms with Gasteiger partial charge in [0.25, 0.3) is 0 Å². The molecule has 0 aliphatic carbocycles. The van der Waals surface area contributed by atoms with Crippen molar-refractivity contribution in [1.29, 1.82) is 0 Å². The Morgan fingerprint density at radius 3 is 2.86 bits per heavy atom. The summed E-state index contributed by atoms with van der Waals surface area (Å²) in [5.74, 6) is 0.528. The smallest absolute Gasteiger partial charge is 0.124 e. The molecule has 1 atom stereocenters. The number of hydrogen-bond acceptors (Lipinski definition) is 4. The quantitative estimate of drug-likeness (QED) is 0.897. The van der Waals surface area contributed by atoms with Crippen LogP contribution in [0.1, 0.15) is 37.3 Å². The van der Waals surface area contributed by atoms with Crippen LogP contribution < -0.4 is 10.1 Å². The second-order valence-electron chi connectivity index (χ2n) is 6.38. The van der Waals surface area contributed by atoms with Gasteiger partial charge in [0.05, 0.1) is 13.2 Å². The molecule has 5 heteroatoms. The maximum Gasteiger partial charge on any atom is 0.124 e. The minimum atomic E-state index is -0.237. The zero-order valence-electron chi connectivity index (χ0n) is 12.8. The van der Waals surface area contributed by atoms with E-state index in [-0.39, 0.29) is 23.9 Å². The van der Waals surface area contributed by atoms with Crippen molar-refractivity contribution in [1.82, 2.24) is 5.32 Å². The fourth-order valence-corrected chi connectivity index (χ4v) is 3.30. The molecule has 1 aromatic rings. The maximum absolute atomic E-state index is 13.6. The third kappa shape index (κ3) is 3.42. The average Bonchev–Trinajstić information content (AvgIpc) is 2.76. The van der Waals surface area contributed by atoms with E-state index in [1.54, 1.807) is 12.1 Å². The van der Waals surface area contributed by atoms with Gasteiger partial charge in [0.1, 0.15) is 11.6 Å². The first-order valence-corrected chi connectivity index (χ1v) is 8.07. The summed E-state index contributed by atoms with van der Waals surface area (Å²) in [7, 11) is 0. The first-order valence-electron chi connectivity index (χ1n) is 8.07. The minimum Gasteiger partial charge on any atom is -0.493 e. The van der Waals surface area contributed by atoms with E-state index in [1.807, 2.05) is 0 Å². The first kappa shape index (κ1) is 15.7. The van der Waals surface area contributed by atoms with Gasteiger partial charge < -0.3 is 19.9 Å². The van der Waals surface area contributed by atoms with Gasteiger partial charge in [-0.3, -0.25) is 0 Å². The van der Waals surface area contributed by atoms with Gasteiger partial charge in [-0.15, -0.1) is 0 Å². The van der Waals surface area contributed by atoms with Crippen LogP contribution in [0.2, 0.25) is 0 Å². The summed E-state index contributed by atoms with van der Waals surface area (Å²) in [5.41, 5.74) is 0.761. The molecule has 122 valence electrons. The summed E-state index contributed by atoms with van der Waals surface area (Å²) in [6.45, 7) is 2.92. The van der Waals surface area contributed by atoms with Gasteiger partial charge in [-0.1, -0.05) is 0 Å². The predicted molar refractivity (Wildman–Crippen MR) is 81.4 cm³/mol. The lowest BCUT2D eigenvalue weighted by Gasteiger charge is -2.37. The molecule has 0 radical (unpaired) electrons. The highest BCUT2D eigenvalue weighted by Gasteiger charge is 2.33. The summed E-state index contributed by atoms with van der Waals surface area (Å²) in [6.07, 6.45) is 3.56. The van der Waals surface area contributed by atoms with E-state index in [9.17, 15) is 9.50 Å². The molecule has 2 heterocycles. The standard InChI is InChI=1S/C17H24FNO3/c18-13-3-4-16-14(10-13)15(2-1-7-22-16)19-11-17(12-20)5-8-21-9-6-17/h3-4,10,15,19-20H,1-2,5-9,11-12H2. The lowest BCUT2D eigenvalue weighted by molar-refractivity contribution is -0.0166. The molecule has 4 nitrogen and oxygen atoms in total. The topological polar surface area (TPSA) is 50.7 Å². The third-order valence-electron chi connectivity index (χ3n) is 4.85. The SMILES string of the molecule is OCC1(CNC2CCCOc3ccc(F)cc32)CCOCC1. The van der Waals surface area contributed by atoms with Crippen LogP contribution in [0.3, 0.4) is 0 Å². The number of halogens is 1. The van der Waals surface area contributed by atoms with Crippen LogP contribution in [0.15, 0.2) is 18.2 Å². The van der Waals surface area contributed by atoms with Crippen molar-refractivity contribution in [3.8, 4) is 5.75 Å². The molecule has 1 aromatic carbocycles. The summed E-state index contributed by atoms with van der Waals surface area (Å²) in [4.78, 5) is 0. The highest BCUT2D eigenvalue weighted by Crippen LogP contribution is 2.34. The molecule has 0 saturated carbocycles. The van der Waals surface area contributed by atoms with Crippen molar-refractivity contribution >= 4 is 0 Å². The van der Waals surface area contributed by atoms with Crippen molar-refractivity contribution in [2.75, 3.05) is 33.0 Å². The van der Waals surface area contributed by atoms with Crippen LogP contribution in [-0.4, -0.2) is 38.1 Å². The van der Waals surface area contributed by atoms with Crippen LogP contribution in [0.5, 0.6) is 5.75 Å². The normalized spacial score (nSPS) is 24.2. The number of hydrogen-bond donors (Lipinski definition) is 2. The number of aliphatic hydroxyl groups excluding tert-OH is 1. The van der Waals surface area contributed by atoms with Gasteiger partial charge >= 0.3 is 0 Å². The molecule has 22 heavy (non-hydrogen) atoms. The number of rotatable bonds is 4. The van der Waals surface area contributed by atoms with Gasteiger partial charge in [-0.2, -0.15) is 0 Å². The van der Waals surface area contributed by atoms with Crippen molar-refractivity contribution in [2.24, 2.45) is 5.41 Å². The van der Waals surface area contributed by atoms with E-state index in [0.717, 1.165) is 37.0 Å². The molecular weight excluding hydrogens is 285 g/mol. The van der Waals surface area contributed by atoms with Gasteiger partial charge in [0, 0.05) is 36.8 Å². The van der Waals surface area contributed by atoms with E-state index in [4.69, 9.17) is 9.47 Å². The first-order chi connectivity index (χ1) is 10.7. The molecule has 0 aromatic heterocycles. The summed E-state index contributed by atoms with van der Waals surface area (Å²) in [5, 5.41) is 13.3. The Morgan fingerprint density at radius 2 is 2.09 bits per heavy atom. The Hall–Kier alpha value is -1.17. The van der Waals surface area contributed by atoms with Crippen LogP contribution in [0, 0.1) is 11.2 Å². The monoisotopic (exact) mass is 309 g/mol. The summed E-state index contributed by atoms with van der Waals surface area (Å²) in [6, 6.07) is 4.78. The molecule has 2 N–H and O–H groups in total. The predicted octanol–water partition coefficient (Wildman–Crippen LogP) is 2.42. The Morgan fingerprint density at radius 1 is 1.27 bits per heavy atom. The van der Waals surface area contributed by atoms with Crippen molar-refractivity contribution in [2.45, 2.75) is 31.7 Å². The third-order valence-corrected chi connectivity index (χ3v) is 4.85. The van der Waals surface area contributed by atoms with Crippen LogP contribution in [0.4, 0.5) is 4.39 Å². The fraction of sp³-hybridized carbons (Fsp3) is 0.647. The highest BCUT2D eigenvalue weighted by atomic mass is 19.1. The molecule has 0 bridgehead atoms. The van der Waals surface area contributed by atoms with Gasteiger partial charge in [-0.25, -0.2) is 4.39 Å².